The number of aliphatic hydroxyl groups is 1. The highest BCUT2D eigenvalue weighted by Crippen LogP contribution is 2.42. The molecule has 0 aromatic carbocycles. The molecule has 74 valence electrons. The minimum atomic E-state index is -0.775. The minimum absolute atomic E-state index is 0.128. The van der Waals surface area contributed by atoms with Crippen LogP contribution in [-0.2, 0) is 4.79 Å². The number of aliphatic carboxylic acids is 1. The monoisotopic (exact) mass is 185 g/mol. The molecule has 2 rings (SSSR count). The van der Waals surface area contributed by atoms with Gasteiger partial charge in [-0.25, -0.2) is 0 Å². The van der Waals surface area contributed by atoms with E-state index in [-0.39, 0.29) is 12.0 Å². The Hall–Kier alpha value is -0.610. The molecular weight excluding hydrogens is 170 g/mol. The summed E-state index contributed by atoms with van der Waals surface area (Å²) in [6, 6.07) is 0.128. The molecule has 1 aliphatic heterocycles. The Balaban J connectivity index is 1.90. The quantitative estimate of drug-likeness (QED) is 0.565. The summed E-state index contributed by atoms with van der Waals surface area (Å²) in [5.41, 5.74) is -0.737. The highest BCUT2D eigenvalue weighted by atomic mass is 16.4. The fourth-order valence-electron chi connectivity index (χ4n) is 2.40. The zero-order valence-corrected chi connectivity index (χ0v) is 7.49. The third-order valence-electron chi connectivity index (χ3n) is 3.26. The van der Waals surface area contributed by atoms with E-state index in [4.69, 9.17) is 5.11 Å². The molecule has 2 aliphatic rings. The molecule has 13 heavy (non-hydrogen) atoms. The number of rotatable bonds is 2. The number of carboxylic acids is 1. The molecule has 4 heteroatoms. The molecule has 1 unspecified atom stereocenters. The molecular formula is C9H15NO3. The maximum Gasteiger partial charge on any atom is 0.306 e. The van der Waals surface area contributed by atoms with Crippen molar-refractivity contribution in [2.75, 3.05) is 6.54 Å². The van der Waals surface area contributed by atoms with Gasteiger partial charge in [0.05, 0.1) is 11.5 Å². The molecule has 0 aromatic heterocycles. The highest BCUT2D eigenvalue weighted by Gasteiger charge is 2.51. The molecule has 4 nitrogen and oxygen atoms in total. The number of carbonyl (C=O) groups is 1. The summed E-state index contributed by atoms with van der Waals surface area (Å²) >= 11 is 0. The Labute approximate surface area is 76.9 Å². The van der Waals surface area contributed by atoms with Crippen molar-refractivity contribution in [1.29, 1.82) is 0 Å². The lowest BCUT2D eigenvalue weighted by Gasteiger charge is -2.45. The summed E-state index contributed by atoms with van der Waals surface area (Å²) in [5, 5.41) is 21.9. The second kappa shape index (κ2) is 2.96. The summed E-state index contributed by atoms with van der Waals surface area (Å²) in [6.07, 6.45) is 2.90. The molecule has 0 amide bonds. The zero-order chi connectivity index (χ0) is 9.47. The Kier molecular flexibility index (Phi) is 2.04. The van der Waals surface area contributed by atoms with Gasteiger partial charge in [0, 0.05) is 6.04 Å². The van der Waals surface area contributed by atoms with Gasteiger partial charge in [0.15, 0.2) is 0 Å². The first kappa shape index (κ1) is 8.97. The standard InChI is InChI=1S/C9H15NO3/c11-8(12)6-4-9(13,5-6)7-2-1-3-10-7/h6-7,10,13H,1-5H2,(H,11,12). The van der Waals surface area contributed by atoms with Gasteiger partial charge in [-0.05, 0) is 32.2 Å². The first-order valence-corrected chi connectivity index (χ1v) is 4.80. The molecule has 1 atom stereocenters. The van der Waals surface area contributed by atoms with Crippen molar-refractivity contribution in [1.82, 2.24) is 5.32 Å². The van der Waals surface area contributed by atoms with Crippen LogP contribution in [-0.4, -0.2) is 34.4 Å². The van der Waals surface area contributed by atoms with Crippen LogP contribution >= 0.6 is 0 Å². The van der Waals surface area contributed by atoms with Crippen LogP contribution in [0, 0.1) is 5.92 Å². The van der Waals surface area contributed by atoms with Gasteiger partial charge in [0.25, 0.3) is 0 Å². The maximum absolute atomic E-state index is 10.6. The summed E-state index contributed by atoms with van der Waals surface area (Å²) < 4.78 is 0. The van der Waals surface area contributed by atoms with E-state index in [1.54, 1.807) is 0 Å². The van der Waals surface area contributed by atoms with Crippen molar-refractivity contribution in [2.24, 2.45) is 5.92 Å². The molecule has 2 fully saturated rings. The fraction of sp³-hybridized carbons (Fsp3) is 0.889. The van der Waals surface area contributed by atoms with Crippen LogP contribution in [0.2, 0.25) is 0 Å². The smallest absolute Gasteiger partial charge is 0.306 e. The maximum atomic E-state index is 10.6. The predicted octanol–water partition coefficient (Wildman–Crippen LogP) is -0.0359. The lowest BCUT2D eigenvalue weighted by molar-refractivity contribution is -0.161. The normalized spacial score (nSPS) is 44.4. The second-order valence-electron chi connectivity index (χ2n) is 4.20. The van der Waals surface area contributed by atoms with Gasteiger partial charge in [-0.2, -0.15) is 0 Å². The largest absolute Gasteiger partial charge is 0.481 e. The molecule has 1 aliphatic carbocycles. The van der Waals surface area contributed by atoms with E-state index in [0.717, 1.165) is 19.4 Å². The molecule has 0 aromatic rings. The molecule has 1 heterocycles. The van der Waals surface area contributed by atoms with Crippen molar-refractivity contribution in [3.05, 3.63) is 0 Å². The van der Waals surface area contributed by atoms with Crippen molar-refractivity contribution in [3.8, 4) is 0 Å². The van der Waals surface area contributed by atoms with Crippen LogP contribution in [0.1, 0.15) is 25.7 Å². The van der Waals surface area contributed by atoms with Crippen LogP contribution in [0.4, 0.5) is 0 Å². The zero-order valence-electron chi connectivity index (χ0n) is 7.49. The lowest BCUT2D eigenvalue weighted by atomic mass is 9.67. The van der Waals surface area contributed by atoms with Crippen LogP contribution in [0.25, 0.3) is 0 Å². The lowest BCUT2D eigenvalue weighted by Crippen LogP contribution is -2.58. The molecule has 1 saturated heterocycles. The number of hydrogen-bond donors (Lipinski definition) is 3. The Morgan fingerprint density at radius 2 is 2.15 bits per heavy atom. The van der Waals surface area contributed by atoms with E-state index in [2.05, 4.69) is 5.32 Å². The van der Waals surface area contributed by atoms with Crippen molar-refractivity contribution < 1.29 is 15.0 Å². The van der Waals surface area contributed by atoms with Crippen LogP contribution in [0.3, 0.4) is 0 Å². The molecule has 0 radical (unpaired) electrons. The number of carboxylic acid groups (broad SMARTS) is 1. The van der Waals surface area contributed by atoms with Gasteiger partial charge in [-0.1, -0.05) is 0 Å². The minimum Gasteiger partial charge on any atom is -0.481 e. The summed E-state index contributed by atoms with van der Waals surface area (Å²) in [7, 11) is 0. The fourth-order valence-corrected chi connectivity index (χ4v) is 2.40. The summed E-state index contributed by atoms with van der Waals surface area (Å²) in [6.45, 7) is 0.949. The van der Waals surface area contributed by atoms with Gasteiger partial charge < -0.3 is 15.5 Å². The van der Waals surface area contributed by atoms with Crippen LogP contribution in [0.15, 0.2) is 0 Å². The molecule has 3 N–H and O–H groups in total. The van der Waals surface area contributed by atoms with Crippen molar-refractivity contribution in [3.63, 3.8) is 0 Å². The summed E-state index contributed by atoms with van der Waals surface area (Å²) in [5.74, 6) is -1.10. The Bertz CT molecular complexity index is 217. The molecule has 1 saturated carbocycles. The van der Waals surface area contributed by atoms with E-state index in [1.807, 2.05) is 0 Å². The van der Waals surface area contributed by atoms with Gasteiger partial charge in [-0.15, -0.1) is 0 Å². The third-order valence-corrected chi connectivity index (χ3v) is 3.26. The molecule has 0 bridgehead atoms. The Morgan fingerprint density at radius 1 is 1.46 bits per heavy atom. The van der Waals surface area contributed by atoms with E-state index in [0.29, 0.717) is 12.8 Å². The van der Waals surface area contributed by atoms with Gasteiger partial charge in [0.1, 0.15) is 0 Å². The number of hydrogen-bond acceptors (Lipinski definition) is 3. The van der Waals surface area contributed by atoms with Gasteiger partial charge in [-0.3, -0.25) is 4.79 Å². The topological polar surface area (TPSA) is 69.6 Å². The van der Waals surface area contributed by atoms with Crippen molar-refractivity contribution in [2.45, 2.75) is 37.3 Å². The second-order valence-corrected chi connectivity index (χ2v) is 4.20. The van der Waals surface area contributed by atoms with Crippen molar-refractivity contribution >= 4 is 5.97 Å². The van der Waals surface area contributed by atoms with Gasteiger partial charge >= 0.3 is 5.97 Å². The van der Waals surface area contributed by atoms with E-state index < -0.39 is 11.6 Å². The first-order valence-electron chi connectivity index (χ1n) is 4.80. The Morgan fingerprint density at radius 3 is 2.62 bits per heavy atom. The van der Waals surface area contributed by atoms with E-state index >= 15 is 0 Å². The van der Waals surface area contributed by atoms with E-state index in [9.17, 15) is 9.90 Å². The predicted molar refractivity (Wildman–Crippen MR) is 46.3 cm³/mol. The average Bonchev–Trinajstić information content (AvgIpc) is 2.49. The average molecular weight is 185 g/mol. The highest BCUT2D eigenvalue weighted by molar-refractivity contribution is 5.71. The first-order chi connectivity index (χ1) is 6.12. The van der Waals surface area contributed by atoms with Crippen LogP contribution < -0.4 is 5.32 Å². The number of nitrogens with one attached hydrogen (secondary N) is 1. The molecule has 0 spiro atoms. The van der Waals surface area contributed by atoms with Crippen LogP contribution in [0.5, 0.6) is 0 Å². The summed E-state index contributed by atoms with van der Waals surface area (Å²) in [4.78, 5) is 10.6. The SMILES string of the molecule is O=C(O)C1CC(O)(C2CCCN2)C1. The third kappa shape index (κ3) is 1.44. The van der Waals surface area contributed by atoms with Gasteiger partial charge in [0.2, 0.25) is 0 Å². The van der Waals surface area contributed by atoms with E-state index in [1.165, 1.54) is 0 Å².